The molecule has 0 fully saturated rings. The maximum Gasteiger partial charge on any atom is 0.101 e. The van der Waals surface area contributed by atoms with Crippen molar-refractivity contribution in [2.75, 3.05) is 5.32 Å². The lowest BCUT2D eigenvalue weighted by Crippen LogP contribution is -2.31. The SMILES string of the molecule is OC(c1cncc(Br)c1)C1CCc2ccccc2N1. The molecule has 2 unspecified atom stereocenters. The highest BCUT2D eigenvalue weighted by atomic mass is 79.9. The molecule has 0 aliphatic carbocycles. The Morgan fingerprint density at radius 2 is 2.16 bits per heavy atom. The smallest absolute Gasteiger partial charge is 0.101 e. The lowest BCUT2D eigenvalue weighted by atomic mass is 9.92. The lowest BCUT2D eigenvalue weighted by molar-refractivity contribution is 0.148. The molecule has 0 spiro atoms. The Morgan fingerprint density at radius 3 is 3.00 bits per heavy atom. The van der Waals surface area contributed by atoms with E-state index in [2.05, 4.69) is 44.4 Å². The van der Waals surface area contributed by atoms with Crippen molar-refractivity contribution in [3.8, 4) is 0 Å². The van der Waals surface area contributed by atoms with Crippen LogP contribution in [-0.4, -0.2) is 16.1 Å². The van der Waals surface area contributed by atoms with Crippen molar-refractivity contribution in [3.05, 3.63) is 58.3 Å². The van der Waals surface area contributed by atoms with Crippen LogP contribution in [0.5, 0.6) is 0 Å². The van der Waals surface area contributed by atoms with Gasteiger partial charge in [0.1, 0.15) is 6.10 Å². The summed E-state index contributed by atoms with van der Waals surface area (Å²) >= 11 is 3.39. The van der Waals surface area contributed by atoms with Crippen molar-refractivity contribution in [3.63, 3.8) is 0 Å². The molecule has 4 heteroatoms. The Kier molecular flexibility index (Phi) is 3.53. The topological polar surface area (TPSA) is 45.2 Å². The van der Waals surface area contributed by atoms with Gasteiger partial charge in [0.25, 0.3) is 0 Å². The van der Waals surface area contributed by atoms with Gasteiger partial charge >= 0.3 is 0 Å². The van der Waals surface area contributed by atoms with Gasteiger partial charge in [0.05, 0.1) is 6.04 Å². The molecule has 0 saturated carbocycles. The van der Waals surface area contributed by atoms with Gasteiger partial charge in [-0.1, -0.05) is 18.2 Å². The highest BCUT2D eigenvalue weighted by Crippen LogP contribution is 2.30. The van der Waals surface area contributed by atoms with Gasteiger partial charge in [-0.25, -0.2) is 0 Å². The zero-order chi connectivity index (χ0) is 13.2. The number of anilines is 1. The molecule has 2 N–H and O–H groups in total. The Hall–Kier alpha value is -1.39. The van der Waals surface area contributed by atoms with Crippen LogP contribution >= 0.6 is 15.9 Å². The summed E-state index contributed by atoms with van der Waals surface area (Å²) in [5.41, 5.74) is 3.28. The summed E-state index contributed by atoms with van der Waals surface area (Å²) < 4.78 is 0.889. The number of aromatic nitrogens is 1. The molecule has 1 aliphatic heterocycles. The first-order valence-corrected chi connectivity index (χ1v) is 7.16. The average molecular weight is 319 g/mol. The molecule has 0 saturated heterocycles. The molecule has 0 radical (unpaired) electrons. The molecule has 1 aliphatic rings. The molecule has 2 atom stereocenters. The second kappa shape index (κ2) is 5.31. The van der Waals surface area contributed by atoms with Gasteiger partial charge in [0, 0.05) is 28.1 Å². The fraction of sp³-hybridized carbons (Fsp3) is 0.267. The minimum Gasteiger partial charge on any atom is -0.386 e. The van der Waals surface area contributed by atoms with Gasteiger partial charge in [0.2, 0.25) is 0 Å². The first-order valence-electron chi connectivity index (χ1n) is 6.37. The number of benzene rings is 1. The highest BCUT2D eigenvalue weighted by molar-refractivity contribution is 9.10. The number of aryl methyl sites for hydroxylation is 1. The fourth-order valence-corrected chi connectivity index (χ4v) is 2.90. The van der Waals surface area contributed by atoms with Crippen molar-refractivity contribution >= 4 is 21.6 Å². The molecule has 3 rings (SSSR count). The van der Waals surface area contributed by atoms with Crippen LogP contribution in [0.4, 0.5) is 5.69 Å². The third kappa shape index (κ3) is 2.65. The highest BCUT2D eigenvalue weighted by Gasteiger charge is 2.25. The quantitative estimate of drug-likeness (QED) is 0.893. The average Bonchev–Trinajstić information content (AvgIpc) is 2.46. The molecule has 1 aromatic carbocycles. The number of hydrogen-bond donors (Lipinski definition) is 2. The molecule has 98 valence electrons. The number of halogens is 1. The maximum atomic E-state index is 10.5. The second-order valence-corrected chi connectivity index (χ2v) is 5.74. The number of rotatable bonds is 2. The van der Waals surface area contributed by atoms with E-state index >= 15 is 0 Å². The predicted molar refractivity (Wildman–Crippen MR) is 79.1 cm³/mol. The summed E-state index contributed by atoms with van der Waals surface area (Å²) in [7, 11) is 0. The summed E-state index contributed by atoms with van der Waals surface area (Å²) in [5, 5.41) is 13.9. The molecular weight excluding hydrogens is 304 g/mol. The summed E-state index contributed by atoms with van der Waals surface area (Å²) in [4.78, 5) is 4.11. The molecule has 0 amide bonds. The number of pyridine rings is 1. The van der Waals surface area contributed by atoms with E-state index in [-0.39, 0.29) is 6.04 Å². The summed E-state index contributed by atoms with van der Waals surface area (Å²) in [5.74, 6) is 0. The standard InChI is InChI=1S/C15H15BrN2O/c16-12-7-11(8-17-9-12)15(19)14-6-5-10-3-1-2-4-13(10)18-14/h1-4,7-9,14-15,18-19H,5-6H2. The van der Waals surface area contributed by atoms with Crippen LogP contribution in [0.3, 0.4) is 0 Å². The summed E-state index contributed by atoms with van der Waals surface area (Å²) in [6.07, 6.45) is 4.81. The van der Waals surface area contributed by atoms with E-state index in [1.54, 1.807) is 12.4 Å². The first kappa shape index (κ1) is 12.6. The number of nitrogens with one attached hydrogen (secondary N) is 1. The van der Waals surface area contributed by atoms with Crippen molar-refractivity contribution in [1.29, 1.82) is 0 Å². The van der Waals surface area contributed by atoms with Crippen LogP contribution in [-0.2, 0) is 6.42 Å². The van der Waals surface area contributed by atoms with E-state index in [0.29, 0.717) is 0 Å². The molecule has 19 heavy (non-hydrogen) atoms. The number of fused-ring (bicyclic) bond motifs is 1. The number of aliphatic hydroxyl groups is 1. The van der Waals surface area contributed by atoms with Crippen LogP contribution < -0.4 is 5.32 Å². The Bertz CT molecular complexity index is 588. The normalized spacial score (nSPS) is 19.4. The zero-order valence-electron chi connectivity index (χ0n) is 10.4. The van der Waals surface area contributed by atoms with Crippen molar-refractivity contribution < 1.29 is 5.11 Å². The van der Waals surface area contributed by atoms with E-state index in [0.717, 1.165) is 28.6 Å². The molecule has 3 nitrogen and oxygen atoms in total. The minimum absolute atomic E-state index is 0.0333. The predicted octanol–water partition coefficient (Wildman–Crippen LogP) is 3.30. The van der Waals surface area contributed by atoms with Gasteiger partial charge in [-0.05, 0) is 46.5 Å². The third-order valence-electron chi connectivity index (χ3n) is 3.53. The largest absolute Gasteiger partial charge is 0.386 e. The molecule has 2 heterocycles. The van der Waals surface area contributed by atoms with Gasteiger partial charge < -0.3 is 10.4 Å². The van der Waals surface area contributed by atoms with Gasteiger partial charge in [-0.15, -0.1) is 0 Å². The molecular formula is C15H15BrN2O. The van der Waals surface area contributed by atoms with Crippen molar-refractivity contribution in [2.45, 2.75) is 25.0 Å². The van der Waals surface area contributed by atoms with Gasteiger partial charge in [-0.2, -0.15) is 0 Å². The minimum atomic E-state index is -0.543. The van der Waals surface area contributed by atoms with Crippen molar-refractivity contribution in [2.24, 2.45) is 0 Å². The van der Waals surface area contributed by atoms with E-state index in [4.69, 9.17) is 0 Å². The van der Waals surface area contributed by atoms with Crippen LogP contribution in [0.25, 0.3) is 0 Å². The van der Waals surface area contributed by atoms with E-state index < -0.39 is 6.10 Å². The van der Waals surface area contributed by atoms with E-state index in [1.807, 2.05) is 12.1 Å². The Morgan fingerprint density at radius 1 is 1.32 bits per heavy atom. The zero-order valence-corrected chi connectivity index (χ0v) is 12.0. The molecule has 2 aromatic rings. The van der Waals surface area contributed by atoms with E-state index in [9.17, 15) is 5.11 Å². The van der Waals surface area contributed by atoms with Crippen LogP contribution in [0.2, 0.25) is 0 Å². The number of aliphatic hydroxyl groups excluding tert-OH is 1. The van der Waals surface area contributed by atoms with Gasteiger partial charge in [-0.3, -0.25) is 4.98 Å². The van der Waals surface area contributed by atoms with Crippen LogP contribution in [0, 0.1) is 0 Å². The fourth-order valence-electron chi connectivity index (χ4n) is 2.52. The summed E-state index contributed by atoms with van der Waals surface area (Å²) in [6, 6.07) is 10.2. The number of hydrogen-bond acceptors (Lipinski definition) is 3. The molecule has 1 aromatic heterocycles. The first-order chi connectivity index (χ1) is 9.24. The van der Waals surface area contributed by atoms with Crippen LogP contribution in [0.1, 0.15) is 23.7 Å². The third-order valence-corrected chi connectivity index (χ3v) is 3.97. The number of nitrogens with zero attached hydrogens (tertiary/aromatic N) is 1. The Labute approximate surface area is 120 Å². The lowest BCUT2D eigenvalue weighted by Gasteiger charge is -2.30. The summed E-state index contributed by atoms with van der Waals surface area (Å²) in [6.45, 7) is 0. The van der Waals surface area contributed by atoms with Crippen molar-refractivity contribution in [1.82, 2.24) is 4.98 Å². The molecule has 0 bridgehead atoms. The maximum absolute atomic E-state index is 10.5. The van der Waals surface area contributed by atoms with Gasteiger partial charge in [0.15, 0.2) is 0 Å². The number of para-hydroxylation sites is 1. The second-order valence-electron chi connectivity index (χ2n) is 4.83. The van der Waals surface area contributed by atoms with Crippen LogP contribution in [0.15, 0.2) is 47.2 Å². The van der Waals surface area contributed by atoms with E-state index in [1.165, 1.54) is 5.56 Å². The monoisotopic (exact) mass is 318 g/mol. The Balaban J connectivity index is 1.81.